The van der Waals surface area contributed by atoms with Crippen LogP contribution in [0.2, 0.25) is 0 Å². The maximum absolute atomic E-state index is 4.31. The lowest BCUT2D eigenvalue weighted by atomic mass is 10.1. The summed E-state index contributed by atoms with van der Waals surface area (Å²) in [5, 5.41) is 8.47. The number of hydrogen-bond donors (Lipinski definition) is 0. The van der Waals surface area contributed by atoms with Crippen LogP contribution < -0.4 is 0 Å². The molecule has 0 bridgehead atoms. The molecule has 3 nitrogen and oxygen atoms in total. The molecule has 2 aromatic carbocycles. The van der Waals surface area contributed by atoms with Crippen molar-refractivity contribution in [1.82, 2.24) is 15.0 Å². The van der Waals surface area contributed by atoms with Gasteiger partial charge in [-0.2, -0.15) is 0 Å². The molecule has 0 atom stereocenters. The van der Waals surface area contributed by atoms with Crippen LogP contribution in [-0.2, 0) is 12.8 Å². The molecule has 106 valence electrons. The molecular formula is C16H14BrN3S. The van der Waals surface area contributed by atoms with Gasteiger partial charge in [0, 0.05) is 27.7 Å². The Morgan fingerprint density at radius 1 is 1.05 bits per heavy atom. The molecule has 0 unspecified atom stereocenters. The van der Waals surface area contributed by atoms with Crippen LogP contribution in [0.3, 0.4) is 0 Å². The first kappa shape index (κ1) is 14.4. The maximum atomic E-state index is 4.31. The fourth-order valence-corrected chi connectivity index (χ4v) is 3.22. The SMILES string of the molecule is Cn1nnc(CSc2ccc(Br)cc2)c1-c1ccccc1. The molecule has 0 saturated carbocycles. The summed E-state index contributed by atoms with van der Waals surface area (Å²) in [6.07, 6.45) is 0. The van der Waals surface area contributed by atoms with Gasteiger partial charge in [-0.05, 0) is 24.3 Å². The van der Waals surface area contributed by atoms with Gasteiger partial charge < -0.3 is 0 Å². The Labute approximate surface area is 136 Å². The minimum absolute atomic E-state index is 0.805. The summed E-state index contributed by atoms with van der Waals surface area (Å²) < 4.78 is 2.93. The number of benzene rings is 2. The highest BCUT2D eigenvalue weighted by Crippen LogP contribution is 2.28. The van der Waals surface area contributed by atoms with Crippen LogP contribution in [0.25, 0.3) is 11.3 Å². The summed E-state index contributed by atoms with van der Waals surface area (Å²) in [6.45, 7) is 0. The van der Waals surface area contributed by atoms with Crippen molar-refractivity contribution in [2.75, 3.05) is 0 Å². The second-order valence-electron chi connectivity index (χ2n) is 4.62. The molecule has 0 spiro atoms. The van der Waals surface area contributed by atoms with Gasteiger partial charge in [0.25, 0.3) is 0 Å². The Hall–Kier alpha value is -1.59. The molecule has 1 heterocycles. The second kappa shape index (κ2) is 6.45. The first-order chi connectivity index (χ1) is 10.2. The van der Waals surface area contributed by atoms with Crippen molar-refractivity contribution in [3.63, 3.8) is 0 Å². The molecule has 5 heteroatoms. The largest absolute Gasteiger partial charge is 0.247 e. The van der Waals surface area contributed by atoms with Crippen molar-refractivity contribution in [2.45, 2.75) is 10.6 Å². The molecule has 0 aliphatic carbocycles. The monoisotopic (exact) mass is 359 g/mol. The lowest BCUT2D eigenvalue weighted by Crippen LogP contribution is -1.95. The van der Waals surface area contributed by atoms with E-state index < -0.39 is 0 Å². The normalized spacial score (nSPS) is 10.8. The highest BCUT2D eigenvalue weighted by molar-refractivity contribution is 9.10. The molecule has 0 amide bonds. The quantitative estimate of drug-likeness (QED) is 0.640. The molecule has 3 rings (SSSR count). The number of nitrogens with zero attached hydrogens (tertiary/aromatic N) is 3. The highest BCUT2D eigenvalue weighted by atomic mass is 79.9. The fraction of sp³-hybridized carbons (Fsp3) is 0.125. The van der Waals surface area contributed by atoms with Crippen molar-refractivity contribution in [2.24, 2.45) is 7.05 Å². The zero-order valence-electron chi connectivity index (χ0n) is 11.5. The van der Waals surface area contributed by atoms with E-state index in [9.17, 15) is 0 Å². The molecule has 3 aromatic rings. The van der Waals surface area contributed by atoms with Gasteiger partial charge in [-0.15, -0.1) is 16.9 Å². The molecular weight excluding hydrogens is 346 g/mol. The highest BCUT2D eigenvalue weighted by Gasteiger charge is 2.12. The number of aryl methyl sites for hydroxylation is 1. The van der Waals surface area contributed by atoms with Gasteiger partial charge in [0.05, 0.1) is 5.69 Å². The van der Waals surface area contributed by atoms with E-state index in [-0.39, 0.29) is 0 Å². The lowest BCUT2D eigenvalue weighted by Gasteiger charge is -2.05. The summed E-state index contributed by atoms with van der Waals surface area (Å²) in [5.74, 6) is 0.805. The predicted molar refractivity (Wildman–Crippen MR) is 90.1 cm³/mol. The van der Waals surface area contributed by atoms with Gasteiger partial charge in [-0.3, -0.25) is 0 Å². The molecule has 0 N–H and O–H groups in total. The van der Waals surface area contributed by atoms with E-state index in [2.05, 4.69) is 62.6 Å². The molecule has 0 aliphatic heterocycles. The van der Waals surface area contributed by atoms with Crippen LogP contribution in [0.15, 0.2) is 64.0 Å². The standard InChI is InChI=1S/C16H14BrN3S/c1-20-16(12-5-3-2-4-6-12)15(18-19-20)11-21-14-9-7-13(17)8-10-14/h2-10H,11H2,1H3. The third-order valence-electron chi connectivity index (χ3n) is 3.13. The van der Waals surface area contributed by atoms with Gasteiger partial charge in [-0.1, -0.05) is 51.5 Å². The van der Waals surface area contributed by atoms with Crippen LogP contribution in [0.1, 0.15) is 5.69 Å². The third kappa shape index (κ3) is 3.36. The van der Waals surface area contributed by atoms with Gasteiger partial charge in [0.1, 0.15) is 5.69 Å². The van der Waals surface area contributed by atoms with Crippen molar-refractivity contribution in [3.05, 3.63) is 64.8 Å². The van der Waals surface area contributed by atoms with Gasteiger partial charge in [-0.25, -0.2) is 4.68 Å². The Balaban J connectivity index is 1.82. The van der Waals surface area contributed by atoms with E-state index in [1.54, 1.807) is 11.8 Å². The smallest absolute Gasteiger partial charge is 0.101 e. The van der Waals surface area contributed by atoms with Gasteiger partial charge in [0.15, 0.2) is 0 Å². The second-order valence-corrected chi connectivity index (χ2v) is 6.58. The zero-order chi connectivity index (χ0) is 14.7. The Morgan fingerprint density at radius 2 is 1.76 bits per heavy atom. The number of hydrogen-bond acceptors (Lipinski definition) is 3. The summed E-state index contributed by atoms with van der Waals surface area (Å²) >= 11 is 5.22. The average Bonchev–Trinajstić information content (AvgIpc) is 2.88. The Kier molecular flexibility index (Phi) is 4.41. The molecule has 0 aliphatic rings. The van der Waals surface area contributed by atoms with Gasteiger partial charge in [0.2, 0.25) is 0 Å². The molecule has 0 saturated heterocycles. The van der Waals surface area contributed by atoms with Crippen LogP contribution in [0, 0.1) is 0 Å². The molecule has 21 heavy (non-hydrogen) atoms. The first-order valence-electron chi connectivity index (χ1n) is 6.56. The van der Waals surface area contributed by atoms with Crippen molar-refractivity contribution in [1.29, 1.82) is 0 Å². The molecule has 1 aromatic heterocycles. The number of halogens is 1. The average molecular weight is 360 g/mol. The van der Waals surface area contributed by atoms with Crippen molar-refractivity contribution >= 4 is 27.7 Å². The summed E-state index contributed by atoms with van der Waals surface area (Å²) in [6, 6.07) is 18.6. The number of thioether (sulfide) groups is 1. The zero-order valence-corrected chi connectivity index (χ0v) is 13.9. The summed E-state index contributed by atoms with van der Waals surface area (Å²) in [7, 11) is 1.93. The first-order valence-corrected chi connectivity index (χ1v) is 8.34. The van der Waals surface area contributed by atoms with E-state index in [1.165, 1.54) is 4.90 Å². The number of rotatable bonds is 4. The molecule has 0 radical (unpaired) electrons. The fourth-order valence-electron chi connectivity index (χ4n) is 2.13. The van der Waals surface area contributed by atoms with E-state index in [0.717, 1.165) is 27.2 Å². The predicted octanol–water partition coefficient (Wildman–Crippen LogP) is 4.54. The van der Waals surface area contributed by atoms with Crippen molar-refractivity contribution < 1.29 is 0 Å². The summed E-state index contributed by atoms with van der Waals surface area (Å²) in [5.41, 5.74) is 3.24. The lowest BCUT2D eigenvalue weighted by molar-refractivity contribution is 0.719. The minimum Gasteiger partial charge on any atom is -0.247 e. The van der Waals surface area contributed by atoms with E-state index >= 15 is 0 Å². The van der Waals surface area contributed by atoms with Crippen LogP contribution in [-0.4, -0.2) is 15.0 Å². The van der Waals surface area contributed by atoms with E-state index in [1.807, 2.05) is 29.9 Å². The van der Waals surface area contributed by atoms with Crippen molar-refractivity contribution in [3.8, 4) is 11.3 Å². The van der Waals surface area contributed by atoms with E-state index in [4.69, 9.17) is 0 Å². The topological polar surface area (TPSA) is 30.7 Å². The molecule has 0 fully saturated rings. The number of aromatic nitrogens is 3. The van der Waals surface area contributed by atoms with E-state index in [0.29, 0.717) is 0 Å². The van der Waals surface area contributed by atoms with Crippen LogP contribution in [0.4, 0.5) is 0 Å². The summed E-state index contributed by atoms with van der Waals surface area (Å²) in [4.78, 5) is 1.22. The Morgan fingerprint density at radius 3 is 2.48 bits per heavy atom. The van der Waals surface area contributed by atoms with Gasteiger partial charge >= 0.3 is 0 Å². The Bertz CT molecular complexity index is 723. The minimum atomic E-state index is 0.805. The van der Waals surface area contributed by atoms with Crippen LogP contribution >= 0.6 is 27.7 Å². The third-order valence-corrected chi connectivity index (χ3v) is 4.68. The van der Waals surface area contributed by atoms with Crippen LogP contribution in [0.5, 0.6) is 0 Å². The maximum Gasteiger partial charge on any atom is 0.101 e.